The van der Waals surface area contributed by atoms with Crippen molar-refractivity contribution in [2.45, 2.75) is 25.7 Å². The molecule has 12 nitrogen and oxygen atoms in total. The van der Waals surface area contributed by atoms with Crippen molar-refractivity contribution in [2.24, 2.45) is 4.99 Å². The van der Waals surface area contributed by atoms with Crippen LogP contribution in [0.15, 0.2) is 96.4 Å². The van der Waals surface area contributed by atoms with Gasteiger partial charge in [0.2, 0.25) is 5.96 Å². The van der Waals surface area contributed by atoms with Gasteiger partial charge in [-0.05, 0) is 79.6 Å². The summed E-state index contributed by atoms with van der Waals surface area (Å²) in [4.78, 5) is 37.3. The molecule has 4 aromatic rings. The van der Waals surface area contributed by atoms with Crippen LogP contribution in [-0.4, -0.2) is 41.0 Å². The molecule has 13 heteroatoms. The third-order valence-electron chi connectivity index (χ3n) is 6.17. The van der Waals surface area contributed by atoms with E-state index in [0.717, 1.165) is 31.4 Å². The normalized spacial score (nSPS) is 10.7. The first kappa shape index (κ1) is 31.9. The predicted octanol–water partition coefficient (Wildman–Crippen LogP) is 5.88. The molecule has 3 amide bonds. The van der Waals surface area contributed by atoms with Crippen LogP contribution in [0.1, 0.15) is 36.2 Å². The van der Waals surface area contributed by atoms with E-state index in [2.05, 4.69) is 41.5 Å². The van der Waals surface area contributed by atoms with E-state index in [0.29, 0.717) is 41.9 Å². The quantitative estimate of drug-likeness (QED) is 0.0412. The van der Waals surface area contributed by atoms with Crippen LogP contribution in [0.2, 0.25) is 0 Å². The molecule has 0 bridgehead atoms. The van der Waals surface area contributed by atoms with Gasteiger partial charge < -0.3 is 26.0 Å². The molecule has 0 atom stereocenters. The summed E-state index contributed by atoms with van der Waals surface area (Å²) >= 11 is 0. The molecule has 0 aliphatic heterocycles. The molecule has 2 heterocycles. The Hall–Kier alpha value is -6.03. The number of amides is 3. The van der Waals surface area contributed by atoms with E-state index < -0.39 is 6.03 Å². The number of ether oxygens (including phenoxy) is 1. The molecular formula is C32H32FN9O3. The van der Waals surface area contributed by atoms with Crippen LogP contribution >= 0.6 is 0 Å². The van der Waals surface area contributed by atoms with E-state index >= 15 is 0 Å². The maximum absolute atomic E-state index is 13.0. The Labute approximate surface area is 259 Å². The van der Waals surface area contributed by atoms with Gasteiger partial charge in [-0.25, -0.2) is 9.18 Å². The first-order valence-corrected chi connectivity index (χ1v) is 14.2. The van der Waals surface area contributed by atoms with Gasteiger partial charge in [-0.3, -0.25) is 25.1 Å². The number of hydrogen-bond acceptors (Lipinski definition) is 7. The van der Waals surface area contributed by atoms with Crippen molar-refractivity contribution in [3.8, 4) is 17.7 Å². The molecular weight excluding hydrogens is 577 g/mol. The number of anilines is 3. The van der Waals surface area contributed by atoms with Crippen molar-refractivity contribution in [3.63, 3.8) is 0 Å². The Morgan fingerprint density at radius 1 is 0.800 bits per heavy atom. The number of halogens is 1. The maximum Gasteiger partial charge on any atom is 0.323 e. The summed E-state index contributed by atoms with van der Waals surface area (Å²) in [5.41, 5.74) is 2.01. The van der Waals surface area contributed by atoms with Crippen LogP contribution in [0.5, 0.6) is 11.5 Å². The molecule has 5 N–H and O–H groups in total. The SMILES string of the molecule is N#CNC(=NCCCCCCNC(=O)c1cc(Oc2ccc(NC(=O)Nc3ccc(F)cc3)cc2)ccn1)Nc1ccncc1. The lowest BCUT2D eigenvalue weighted by Gasteiger charge is -2.10. The van der Waals surface area contributed by atoms with E-state index in [1.807, 2.05) is 6.19 Å². The molecule has 0 aliphatic carbocycles. The average molecular weight is 610 g/mol. The van der Waals surface area contributed by atoms with Crippen molar-refractivity contribution in [1.82, 2.24) is 20.6 Å². The molecule has 0 aliphatic rings. The molecule has 2 aromatic carbocycles. The number of carbonyl (C=O) groups is 2. The molecule has 45 heavy (non-hydrogen) atoms. The van der Waals surface area contributed by atoms with Crippen molar-refractivity contribution in [3.05, 3.63) is 103 Å². The van der Waals surface area contributed by atoms with E-state index in [-0.39, 0.29) is 17.4 Å². The van der Waals surface area contributed by atoms with Gasteiger partial charge in [0, 0.05) is 54.8 Å². The van der Waals surface area contributed by atoms with Crippen molar-refractivity contribution in [2.75, 3.05) is 29.0 Å². The van der Waals surface area contributed by atoms with Crippen molar-refractivity contribution in [1.29, 1.82) is 5.26 Å². The number of urea groups is 1. The molecule has 0 fully saturated rings. The second kappa shape index (κ2) is 17.2. The number of aliphatic imine (C=N–C) groups is 1. The van der Waals surface area contributed by atoms with Crippen LogP contribution in [0.25, 0.3) is 0 Å². The third-order valence-corrected chi connectivity index (χ3v) is 6.17. The summed E-state index contributed by atoms with van der Waals surface area (Å²) in [7, 11) is 0. The Balaban J connectivity index is 1.14. The second-order valence-electron chi connectivity index (χ2n) is 9.59. The van der Waals surface area contributed by atoms with Crippen molar-refractivity contribution >= 4 is 35.0 Å². The largest absolute Gasteiger partial charge is 0.457 e. The van der Waals surface area contributed by atoms with Gasteiger partial charge in [0.1, 0.15) is 23.0 Å². The molecule has 230 valence electrons. The van der Waals surface area contributed by atoms with E-state index in [4.69, 9.17) is 10.00 Å². The van der Waals surface area contributed by atoms with Gasteiger partial charge in [-0.2, -0.15) is 5.26 Å². The predicted molar refractivity (Wildman–Crippen MR) is 170 cm³/mol. The van der Waals surface area contributed by atoms with Gasteiger partial charge >= 0.3 is 6.03 Å². The number of nitrogens with one attached hydrogen (secondary N) is 5. The Morgan fingerprint density at radius 3 is 2.18 bits per heavy atom. The zero-order valence-corrected chi connectivity index (χ0v) is 24.3. The Bertz CT molecular complexity index is 1610. The zero-order valence-electron chi connectivity index (χ0n) is 24.3. The number of rotatable bonds is 13. The zero-order chi connectivity index (χ0) is 31.7. The Morgan fingerprint density at radius 2 is 1.47 bits per heavy atom. The topological polar surface area (TPSA) is 165 Å². The van der Waals surface area contributed by atoms with Gasteiger partial charge in [0.25, 0.3) is 5.91 Å². The number of aromatic nitrogens is 2. The van der Waals surface area contributed by atoms with Gasteiger partial charge in [0.05, 0.1) is 0 Å². The van der Waals surface area contributed by atoms with Gasteiger partial charge in [-0.15, -0.1) is 0 Å². The summed E-state index contributed by atoms with van der Waals surface area (Å²) in [5.74, 6) is 0.638. The fourth-order valence-corrected chi connectivity index (χ4v) is 3.98. The molecule has 2 aromatic heterocycles. The highest BCUT2D eigenvalue weighted by Gasteiger charge is 2.09. The lowest BCUT2D eigenvalue weighted by atomic mass is 10.2. The fourth-order valence-electron chi connectivity index (χ4n) is 3.98. The molecule has 0 spiro atoms. The van der Waals surface area contributed by atoms with Crippen LogP contribution < -0.4 is 31.3 Å². The highest BCUT2D eigenvalue weighted by molar-refractivity contribution is 5.99. The standard InChI is InChI=1S/C32H32FN9O3/c33-23-5-7-24(8-6-23)41-32(44)42-25-9-11-27(12-10-25)45-28-15-20-36-29(21-28)30(43)37-16-3-1-2-4-17-38-31(39-22-34)40-26-13-18-35-19-14-26/h5-15,18-21H,1-4,16-17H2,(H,37,43)(H2,41,42,44)(H2,35,38,39,40). The van der Waals surface area contributed by atoms with Gasteiger partial charge in [-0.1, -0.05) is 12.8 Å². The minimum Gasteiger partial charge on any atom is -0.457 e. The van der Waals surface area contributed by atoms with Gasteiger partial charge in [0.15, 0.2) is 6.19 Å². The summed E-state index contributed by atoms with van der Waals surface area (Å²) in [6.07, 6.45) is 10.1. The summed E-state index contributed by atoms with van der Waals surface area (Å²) < 4.78 is 18.9. The second-order valence-corrected chi connectivity index (χ2v) is 9.59. The fraction of sp³-hybridized carbons (Fsp3) is 0.188. The van der Waals surface area contributed by atoms with E-state index in [1.165, 1.54) is 30.5 Å². The maximum atomic E-state index is 13.0. The number of carbonyl (C=O) groups excluding carboxylic acids is 2. The number of hydrogen-bond donors (Lipinski definition) is 5. The number of nitriles is 1. The number of unbranched alkanes of at least 4 members (excludes halogenated alkanes) is 3. The molecule has 0 saturated heterocycles. The van der Waals surface area contributed by atoms with Crippen LogP contribution in [0.4, 0.5) is 26.2 Å². The number of guanidine groups is 1. The molecule has 4 rings (SSSR count). The first-order chi connectivity index (χ1) is 22.0. The molecule has 0 unspecified atom stereocenters. The minimum atomic E-state index is -0.470. The summed E-state index contributed by atoms with van der Waals surface area (Å²) in [6, 6.07) is 18.4. The lowest BCUT2D eigenvalue weighted by molar-refractivity contribution is 0.0947. The molecule has 0 radical (unpaired) electrons. The minimum absolute atomic E-state index is 0.233. The van der Waals surface area contributed by atoms with Crippen LogP contribution in [-0.2, 0) is 0 Å². The smallest absolute Gasteiger partial charge is 0.323 e. The number of benzene rings is 2. The Kier molecular flexibility index (Phi) is 12.2. The number of pyridine rings is 2. The average Bonchev–Trinajstić information content (AvgIpc) is 3.05. The van der Waals surface area contributed by atoms with Crippen LogP contribution in [0.3, 0.4) is 0 Å². The highest BCUT2D eigenvalue weighted by Crippen LogP contribution is 2.23. The first-order valence-electron chi connectivity index (χ1n) is 14.2. The molecule has 0 saturated carbocycles. The highest BCUT2D eigenvalue weighted by atomic mass is 19.1. The van der Waals surface area contributed by atoms with E-state index in [1.54, 1.807) is 60.9 Å². The lowest BCUT2D eigenvalue weighted by Crippen LogP contribution is -2.27. The third kappa shape index (κ3) is 11.3. The monoisotopic (exact) mass is 609 g/mol. The van der Waals surface area contributed by atoms with Crippen LogP contribution in [0, 0.1) is 17.3 Å². The number of nitrogens with zero attached hydrogens (tertiary/aromatic N) is 4. The van der Waals surface area contributed by atoms with Crippen molar-refractivity contribution < 1.29 is 18.7 Å². The van der Waals surface area contributed by atoms with E-state index in [9.17, 15) is 14.0 Å². The summed E-state index contributed by atoms with van der Waals surface area (Å²) in [6.45, 7) is 1.06. The summed E-state index contributed by atoms with van der Waals surface area (Å²) in [5, 5.41) is 22.7.